The fourth-order valence-corrected chi connectivity index (χ4v) is 3.90. The van der Waals surface area contributed by atoms with E-state index in [0.717, 1.165) is 35.5 Å². The van der Waals surface area contributed by atoms with E-state index in [1.165, 1.54) is 0 Å². The zero-order chi connectivity index (χ0) is 19.5. The van der Waals surface area contributed by atoms with Gasteiger partial charge in [0.2, 0.25) is 0 Å². The van der Waals surface area contributed by atoms with Crippen molar-refractivity contribution in [2.45, 2.75) is 31.7 Å². The Bertz CT molecular complexity index is 1070. The number of carbonyl (C=O) groups excluding carboxylic acids is 1. The summed E-state index contributed by atoms with van der Waals surface area (Å²) in [6.07, 6.45) is 4.39. The molecule has 0 aliphatic heterocycles. The third-order valence-corrected chi connectivity index (χ3v) is 5.57. The van der Waals surface area contributed by atoms with Crippen LogP contribution in [0.15, 0.2) is 62.2 Å². The maximum Gasteiger partial charge on any atom is 0.362 e. The fourth-order valence-electron chi connectivity index (χ4n) is 3.52. The number of halogens is 1. The van der Waals surface area contributed by atoms with Crippen LogP contribution in [0.1, 0.15) is 25.7 Å². The molecule has 0 unspecified atom stereocenters. The molecule has 0 saturated heterocycles. The number of amides is 2. The summed E-state index contributed by atoms with van der Waals surface area (Å²) in [5.41, 5.74) is 1.25. The number of benzene rings is 2. The van der Waals surface area contributed by atoms with Crippen molar-refractivity contribution in [3.63, 3.8) is 0 Å². The van der Waals surface area contributed by atoms with Gasteiger partial charge in [-0.05, 0) is 53.0 Å². The molecule has 144 valence electrons. The first-order valence-corrected chi connectivity index (χ1v) is 10.1. The molecular weight excluding hydrogens is 422 g/mol. The Hall–Kier alpha value is -2.80. The van der Waals surface area contributed by atoms with Crippen LogP contribution in [0.2, 0.25) is 0 Å². The summed E-state index contributed by atoms with van der Waals surface area (Å²) in [5.74, 6) is 0. The van der Waals surface area contributed by atoms with E-state index in [2.05, 4.69) is 31.9 Å². The van der Waals surface area contributed by atoms with Gasteiger partial charge in [0.05, 0.1) is 11.4 Å². The average Bonchev–Trinajstić information content (AvgIpc) is 3.19. The highest BCUT2D eigenvalue weighted by Crippen LogP contribution is 2.32. The van der Waals surface area contributed by atoms with E-state index in [4.69, 9.17) is 4.42 Å². The van der Waals surface area contributed by atoms with Gasteiger partial charge >= 0.3 is 11.7 Å². The average molecular weight is 442 g/mol. The number of fused-ring (bicyclic) bond motifs is 1. The predicted octanol–water partition coefficient (Wildman–Crippen LogP) is 5.55. The Morgan fingerprint density at radius 3 is 2.46 bits per heavy atom. The van der Waals surface area contributed by atoms with Crippen LogP contribution in [0.4, 0.5) is 21.9 Å². The van der Waals surface area contributed by atoms with Crippen molar-refractivity contribution in [2.24, 2.45) is 0 Å². The van der Waals surface area contributed by atoms with Crippen LogP contribution in [-0.2, 0) is 0 Å². The van der Waals surface area contributed by atoms with Crippen molar-refractivity contribution in [1.29, 1.82) is 0 Å². The lowest BCUT2D eigenvalue weighted by atomic mass is 10.1. The quantitative estimate of drug-likeness (QED) is 0.463. The summed E-state index contributed by atoms with van der Waals surface area (Å²) >= 11 is 3.39. The summed E-state index contributed by atoms with van der Waals surface area (Å²) in [6, 6.07) is 14.4. The number of hydrogen-bond donors (Lipinski definition) is 3. The van der Waals surface area contributed by atoms with E-state index in [1.807, 2.05) is 36.4 Å². The fraction of sp³-hybridized carbons (Fsp3) is 0.238. The number of para-hydroxylation sites is 2. The van der Waals surface area contributed by atoms with Crippen LogP contribution >= 0.6 is 15.9 Å². The molecule has 28 heavy (non-hydrogen) atoms. The van der Waals surface area contributed by atoms with E-state index in [1.54, 1.807) is 12.1 Å². The molecule has 1 aromatic heterocycles. The number of hydrogen-bond acceptors (Lipinski definition) is 4. The zero-order valence-corrected chi connectivity index (χ0v) is 16.7. The monoisotopic (exact) mass is 441 g/mol. The molecule has 1 fully saturated rings. The molecule has 2 amide bonds. The number of rotatable bonds is 4. The first-order chi connectivity index (χ1) is 13.6. The molecule has 7 heteroatoms. The molecule has 3 aromatic rings. The van der Waals surface area contributed by atoms with Crippen molar-refractivity contribution >= 4 is 50.0 Å². The standard InChI is InChI=1S/C21H20BrN3O3/c22-15-10-4-5-11-16(15)24-21(27)25-19-18(23-13-7-1-2-8-13)14-9-3-6-12-17(14)28-20(19)26/h3-6,9-13,23H,1-2,7-8H2,(H2,24,25,27). The van der Waals surface area contributed by atoms with Gasteiger partial charge in [-0.15, -0.1) is 0 Å². The molecule has 0 radical (unpaired) electrons. The Kier molecular flexibility index (Phi) is 5.34. The molecule has 1 aliphatic rings. The number of urea groups is 1. The zero-order valence-electron chi connectivity index (χ0n) is 15.1. The minimum absolute atomic E-state index is 0.121. The minimum Gasteiger partial charge on any atom is -0.421 e. The van der Waals surface area contributed by atoms with Crippen molar-refractivity contribution in [1.82, 2.24) is 0 Å². The maximum atomic E-state index is 12.6. The van der Waals surface area contributed by atoms with E-state index < -0.39 is 11.7 Å². The summed E-state index contributed by atoms with van der Waals surface area (Å²) < 4.78 is 6.18. The van der Waals surface area contributed by atoms with Crippen molar-refractivity contribution in [3.05, 3.63) is 63.4 Å². The second-order valence-corrected chi connectivity index (χ2v) is 7.67. The Balaban J connectivity index is 1.68. The van der Waals surface area contributed by atoms with Gasteiger partial charge in [-0.25, -0.2) is 9.59 Å². The highest BCUT2D eigenvalue weighted by atomic mass is 79.9. The van der Waals surface area contributed by atoms with Crippen LogP contribution < -0.4 is 21.6 Å². The summed E-state index contributed by atoms with van der Waals surface area (Å²) in [7, 11) is 0. The SMILES string of the molecule is O=C(Nc1ccccc1Br)Nc1c(NC2CCCC2)c2ccccc2oc1=O. The van der Waals surface area contributed by atoms with Crippen molar-refractivity contribution in [2.75, 3.05) is 16.0 Å². The highest BCUT2D eigenvalue weighted by molar-refractivity contribution is 9.10. The molecule has 1 aliphatic carbocycles. The van der Waals surface area contributed by atoms with Gasteiger partial charge < -0.3 is 15.1 Å². The van der Waals surface area contributed by atoms with Crippen molar-refractivity contribution in [3.8, 4) is 0 Å². The molecule has 0 bridgehead atoms. The molecule has 4 rings (SSSR count). The first kappa shape index (κ1) is 18.6. The normalized spacial score (nSPS) is 14.2. The Morgan fingerprint density at radius 1 is 0.964 bits per heavy atom. The van der Waals surface area contributed by atoms with Gasteiger partial charge in [-0.1, -0.05) is 37.1 Å². The van der Waals surface area contributed by atoms with Gasteiger partial charge in [0.15, 0.2) is 5.69 Å². The lowest BCUT2D eigenvalue weighted by molar-refractivity contribution is 0.262. The van der Waals surface area contributed by atoms with Crippen LogP contribution in [0, 0.1) is 0 Å². The molecule has 1 saturated carbocycles. The van der Waals surface area contributed by atoms with Gasteiger partial charge in [-0.2, -0.15) is 0 Å². The Morgan fingerprint density at radius 2 is 1.68 bits per heavy atom. The molecule has 3 N–H and O–H groups in total. The van der Waals surface area contributed by atoms with E-state index in [9.17, 15) is 9.59 Å². The van der Waals surface area contributed by atoms with Crippen molar-refractivity contribution < 1.29 is 9.21 Å². The molecule has 0 spiro atoms. The lowest BCUT2D eigenvalue weighted by Crippen LogP contribution is -2.26. The summed E-state index contributed by atoms with van der Waals surface area (Å²) in [5, 5.41) is 9.66. The first-order valence-electron chi connectivity index (χ1n) is 9.27. The second-order valence-electron chi connectivity index (χ2n) is 6.82. The number of anilines is 3. The molecule has 0 atom stereocenters. The van der Waals surface area contributed by atoms with Crippen LogP contribution in [-0.4, -0.2) is 12.1 Å². The third-order valence-electron chi connectivity index (χ3n) is 4.88. The van der Waals surface area contributed by atoms with E-state index in [0.29, 0.717) is 17.0 Å². The van der Waals surface area contributed by atoms with Gasteiger partial charge in [0.25, 0.3) is 0 Å². The predicted molar refractivity (Wildman–Crippen MR) is 115 cm³/mol. The van der Waals surface area contributed by atoms with E-state index >= 15 is 0 Å². The summed E-state index contributed by atoms with van der Waals surface area (Å²) in [4.78, 5) is 25.2. The smallest absolute Gasteiger partial charge is 0.362 e. The maximum absolute atomic E-state index is 12.6. The molecule has 2 aromatic carbocycles. The Labute approximate surface area is 170 Å². The molecule has 6 nitrogen and oxygen atoms in total. The minimum atomic E-state index is -0.582. The molecular formula is C21H20BrN3O3. The van der Waals surface area contributed by atoms with Crippen LogP contribution in [0.25, 0.3) is 11.0 Å². The molecule has 1 heterocycles. The van der Waals surface area contributed by atoms with Crippen LogP contribution in [0.5, 0.6) is 0 Å². The van der Waals surface area contributed by atoms with E-state index in [-0.39, 0.29) is 11.7 Å². The second kappa shape index (κ2) is 8.06. The third kappa shape index (κ3) is 3.89. The topological polar surface area (TPSA) is 83.4 Å². The number of carbonyl (C=O) groups is 1. The largest absolute Gasteiger partial charge is 0.421 e. The lowest BCUT2D eigenvalue weighted by Gasteiger charge is -2.19. The van der Waals surface area contributed by atoms with Gasteiger partial charge in [-0.3, -0.25) is 5.32 Å². The van der Waals surface area contributed by atoms with Gasteiger partial charge in [0, 0.05) is 15.9 Å². The number of nitrogens with one attached hydrogen (secondary N) is 3. The highest BCUT2D eigenvalue weighted by Gasteiger charge is 2.22. The van der Waals surface area contributed by atoms with Gasteiger partial charge in [0.1, 0.15) is 5.58 Å². The van der Waals surface area contributed by atoms with Crippen LogP contribution in [0.3, 0.4) is 0 Å². The summed E-state index contributed by atoms with van der Waals surface area (Å²) in [6.45, 7) is 0.